The molecule has 7 heteroatoms. The molecule has 1 aromatic heterocycles. The first-order valence-corrected chi connectivity index (χ1v) is 9.92. The molecule has 0 aliphatic carbocycles. The molecule has 3 heterocycles. The van der Waals surface area contributed by atoms with Gasteiger partial charge in [-0.3, -0.25) is 14.7 Å². The Balaban J connectivity index is 1.51. The summed E-state index contributed by atoms with van der Waals surface area (Å²) in [5.41, 5.74) is 1.57. The Kier molecular flexibility index (Phi) is 4.83. The van der Waals surface area contributed by atoms with Crippen molar-refractivity contribution in [3.8, 4) is 17.0 Å². The molecule has 0 saturated carbocycles. The topological polar surface area (TPSA) is 89.5 Å². The van der Waals surface area contributed by atoms with Crippen molar-refractivity contribution in [2.24, 2.45) is 5.41 Å². The van der Waals surface area contributed by atoms with Crippen molar-refractivity contribution in [2.45, 2.75) is 32.6 Å². The predicted molar refractivity (Wildman–Crippen MR) is 105 cm³/mol. The Morgan fingerprint density at radius 3 is 2.89 bits per heavy atom. The van der Waals surface area contributed by atoms with Crippen molar-refractivity contribution < 1.29 is 14.7 Å². The van der Waals surface area contributed by atoms with E-state index < -0.39 is 0 Å². The molecule has 4 rings (SSSR count). The minimum atomic E-state index is -0.0757. The number of H-pyrrole nitrogens is 1. The molecule has 28 heavy (non-hydrogen) atoms. The van der Waals surface area contributed by atoms with Gasteiger partial charge in [0.15, 0.2) is 0 Å². The van der Waals surface area contributed by atoms with Crippen LogP contribution in [0.1, 0.15) is 43.1 Å². The highest BCUT2D eigenvalue weighted by molar-refractivity contribution is 5.93. The number of nitrogens with one attached hydrogen (secondary N) is 1. The minimum Gasteiger partial charge on any atom is -0.507 e. The Hall–Kier alpha value is -2.83. The van der Waals surface area contributed by atoms with E-state index in [4.69, 9.17) is 0 Å². The van der Waals surface area contributed by atoms with Gasteiger partial charge in [-0.1, -0.05) is 12.1 Å². The molecule has 0 bridgehead atoms. The van der Waals surface area contributed by atoms with E-state index in [-0.39, 0.29) is 23.0 Å². The van der Waals surface area contributed by atoms with Crippen molar-refractivity contribution in [3.05, 3.63) is 36.0 Å². The number of aromatic hydroxyl groups is 1. The lowest BCUT2D eigenvalue weighted by molar-refractivity contribution is -0.138. The van der Waals surface area contributed by atoms with E-state index in [2.05, 4.69) is 10.2 Å². The number of hydrogen-bond acceptors (Lipinski definition) is 4. The van der Waals surface area contributed by atoms with E-state index in [1.807, 2.05) is 22.8 Å². The van der Waals surface area contributed by atoms with Gasteiger partial charge in [0, 0.05) is 43.6 Å². The number of amides is 2. The number of hydrogen-bond donors (Lipinski definition) is 2. The van der Waals surface area contributed by atoms with Crippen LogP contribution >= 0.6 is 0 Å². The molecular formula is C21H26N4O3. The van der Waals surface area contributed by atoms with Gasteiger partial charge >= 0.3 is 0 Å². The van der Waals surface area contributed by atoms with Gasteiger partial charge < -0.3 is 14.9 Å². The third-order valence-corrected chi connectivity index (χ3v) is 6.07. The summed E-state index contributed by atoms with van der Waals surface area (Å²) in [5, 5.41) is 17.1. The Labute approximate surface area is 164 Å². The van der Waals surface area contributed by atoms with Gasteiger partial charge in [-0.05, 0) is 44.4 Å². The van der Waals surface area contributed by atoms with Crippen LogP contribution in [0.5, 0.6) is 5.75 Å². The second-order valence-corrected chi connectivity index (χ2v) is 7.92. The van der Waals surface area contributed by atoms with Gasteiger partial charge in [0.1, 0.15) is 11.4 Å². The first-order valence-electron chi connectivity index (χ1n) is 9.92. The maximum absolute atomic E-state index is 13.1. The maximum atomic E-state index is 13.1. The molecule has 2 saturated heterocycles. The highest BCUT2D eigenvalue weighted by atomic mass is 16.3. The highest BCUT2D eigenvalue weighted by Crippen LogP contribution is 2.39. The number of carbonyl (C=O) groups is 2. The molecule has 1 spiro atoms. The third-order valence-electron chi connectivity index (χ3n) is 6.07. The van der Waals surface area contributed by atoms with Crippen molar-refractivity contribution in [1.29, 1.82) is 0 Å². The number of likely N-dealkylation sites (tertiary alicyclic amines) is 2. The van der Waals surface area contributed by atoms with Crippen LogP contribution in [0.2, 0.25) is 0 Å². The number of phenols is 1. The summed E-state index contributed by atoms with van der Waals surface area (Å²) in [7, 11) is 0. The second kappa shape index (κ2) is 7.30. The largest absolute Gasteiger partial charge is 0.507 e. The number of phenolic OH excluding ortho intramolecular Hbond substituents is 1. The molecule has 1 atom stereocenters. The molecule has 0 radical (unpaired) electrons. The molecule has 2 amide bonds. The molecule has 2 aliphatic rings. The lowest BCUT2D eigenvalue weighted by Crippen LogP contribution is -2.55. The van der Waals surface area contributed by atoms with E-state index in [9.17, 15) is 14.7 Å². The van der Waals surface area contributed by atoms with Crippen LogP contribution in [0, 0.1) is 5.41 Å². The van der Waals surface area contributed by atoms with Crippen molar-refractivity contribution in [1.82, 2.24) is 20.0 Å². The van der Waals surface area contributed by atoms with Crippen molar-refractivity contribution >= 4 is 11.8 Å². The fourth-order valence-electron chi connectivity index (χ4n) is 4.53. The number of para-hydroxylation sites is 1. The quantitative estimate of drug-likeness (QED) is 0.854. The fraction of sp³-hybridized carbons (Fsp3) is 0.476. The first-order chi connectivity index (χ1) is 13.5. The zero-order valence-electron chi connectivity index (χ0n) is 16.1. The molecule has 2 aliphatic heterocycles. The van der Waals surface area contributed by atoms with Crippen LogP contribution in [0.3, 0.4) is 0 Å². The zero-order valence-corrected chi connectivity index (χ0v) is 16.1. The molecule has 1 unspecified atom stereocenters. The zero-order chi connectivity index (χ0) is 19.7. The van der Waals surface area contributed by atoms with Crippen LogP contribution < -0.4 is 0 Å². The number of nitrogens with zero attached hydrogens (tertiary/aromatic N) is 3. The van der Waals surface area contributed by atoms with E-state index in [0.717, 1.165) is 32.4 Å². The van der Waals surface area contributed by atoms with Gasteiger partial charge in [0.25, 0.3) is 5.91 Å². The molecule has 2 N–H and O–H groups in total. The van der Waals surface area contributed by atoms with Gasteiger partial charge in [-0.25, -0.2) is 0 Å². The van der Waals surface area contributed by atoms with Crippen molar-refractivity contribution in [2.75, 3.05) is 26.2 Å². The Morgan fingerprint density at radius 1 is 1.29 bits per heavy atom. The van der Waals surface area contributed by atoms with Gasteiger partial charge in [0.05, 0.1) is 5.69 Å². The van der Waals surface area contributed by atoms with Crippen molar-refractivity contribution in [3.63, 3.8) is 0 Å². The van der Waals surface area contributed by atoms with Gasteiger partial charge in [-0.15, -0.1) is 0 Å². The summed E-state index contributed by atoms with van der Waals surface area (Å²) in [6.07, 6.45) is 3.40. The fourth-order valence-corrected chi connectivity index (χ4v) is 4.53. The van der Waals surface area contributed by atoms with Gasteiger partial charge in [0.2, 0.25) is 5.91 Å². The van der Waals surface area contributed by atoms with Gasteiger partial charge in [-0.2, -0.15) is 5.10 Å². The molecule has 7 nitrogen and oxygen atoms in total. The number of benzene rings is 1. The number of carbonyl (C=O) groups excluding carboxylic acids is 2. The summed E-state index contributed by atoms with van der Waals surface area (Å²) in [5.74, 6) is 0.280. The minimum absolute atomic E-state index is 0.00161. The highest BCUT2D eigenvalue weighted by Gasteiger charge is 2.42. The van der Waals surface area contributed by atoms with E-state index >= 15 is 0 Å². The number of aromatic amines is 1. The maximum Gasteiger partial charge on any atom is 0.271 e. The number of piperidine rings is 2. The van der Waals surface area contributed by atoms with E-state index in [1.165, 1.54) is 0 Å². The lowest BCUT2D eigenvalue weighted by Gasteiger charge is -2.48. The summed E-state index contributed by atoms with van der Waals surface area (Å²) in [6.45, 7) is 4.84. The number of rotatable bonds is 3. The SMILES string of the molecule is CCN1CC2(CCCN(C(=O)c3cc(-c4ccccc4O)n[nH]3)C2)CCC1=O. The smallest absolute Gasteiger partial charge is 0.271 e. The monoisotopic (exact) mass is 382 g/mol. The average Bonchev–Trinajstić information content (AvgIpc) is 3.20. The normalized spacial score (nSPS) is 22.7. The summed E-state index contributed by atoms with van der Waals surface area (Å²) in [6, 6.07) is 8.64. The van der Waals surface area contributed by atoms with Crippen LogP contribution in [-0.4, -0.2) is 63.1 Å². The summed E-state index contributed by atoms with van der Waals surface area (Å²) >= 11 is 0. The van der Waals surface area contributed by atoms with Crippen LogP contribution in [-0.2, 0) is 4.79 Å². The lowest BCUT2D eigenvalue weighted by atomic mass is 9.73. The summed E-state index contributed by atoms with van der Waals surface area (Å²) < 4.78 is 0. The molecule has 2 fully saturated rings. The Morgan fingerprint density at radius 2 is 2.11 bits per heavy atom. The standard InChI is InChI=1S/C21H26N4O3/c1-2-24-13-21(10-8-19(24)27)9-5-11-25(14-21)20(28)17-12-16(22-23-17)15-6-3-4-7-18(15)26/h3-4,6-7,12,26H,2,5,8-11,13-14H2,1H3,(H,22,23). The third kappa shape index (κ3) is 3.37. The molecule has 148 valence electrons. The molecular weight excluding hydrogens is 356 g/mol. The molecule has 1 aromatic carbocycles. The molecule has 2 aromatic rings. The Bertz CT molecular complexity index is 893. The average molecular weight is 382 g/mol. The van der Waals surface area contributed by atoms with E-state index in [0.29, 0.717) is 36.5 Å². The van der Waals surface area contributed by atoms with E-state index in [1.54, 1.807) is 24.3 Å². The first kappa shape index (κ1) is 18.5. The van der Waals surface area contributed by atoms with Crippen LogP contribution in [0.15, 0.2) is 30.3 Å². The summed E-state index contributed by atoms with van der Waals surface area (Å²) in [4.78, 5) is 29.0. The number of aromatic nitrogens is 2. The predicted octanol–water partition coefficient (Wildman–Crippen LogP) is 2.65. The second-order valence-electron chi connectivity index (χ2n) is 7.92. The van der Waals surface area contributed by atoms with Crippen LogP contribution in [0.4, 0.5) is 0 Å². The van der Waals surface area contributed by atoms with Crippen LogP contribution in [0.25, 0.3) is 11.3 Å².